The maximum Gasteiger partial charge on any atom is 0.305 e. The molecule has 3 N–H and O–H groups in total. The lowest BCUT2D eigenvalue weighted by molar-refractivity contribution is -0.137. The van der Waals surface area contributed by atoms with E-state index in [1.54, 1.807) is 0 Å². The predicted molar refractivity (Wildman–Crippen MR) is 48.4 cm³/mol. The second-order valence-electron chi connectivity index (χ2n) is 2.74. The van der Waals surface area contributed by atoms with Crippen molar-refractivity contribution in [2.45, 2.75) is 12.5 Å². The summed E-state index contributed by atoms with van der Waals surface area (Å²) in [5.74, 6) is -1.89. The first kappa shape index (κ1) is 10.9. The molecule has 0 spiro atoms. The molecule has 0 aliphatic heterocycles. The van der Waals surface area contributed by atoms with Gasteiger partial charge in [0, 0.05) is 17.8 Å². The Kier molecular flexibility index (Phi) is 3.38. The number of hydrogen-bond acceptors (Lipinski definition) is 3. The van der Waals surface area contributed by atoms with E-state index in [0.717, 1.165) is 6.20 Å². The van der Waals surface area contributed by atoms with E-state index in [9.17, 15) is 9.18 Å². The van der Waals surface area contributed by atoms with Crippen molar-refractivity contribution in [1.82, 2.24) is 4.98 Å². The molecule has 0 aliphatic carbocycles. The Morgan fingerprint density at radius 1 is 1.79 bits per heavy atom. The molecular formula is C8H8ClFN2O2. The van der Waals surface area contributed by atoms with E-state index in [-0.39, 0.29) is 17.0 Å². The topological polar surface area (TPSA) is 76.2 Å². The quantitative estimate of drug-likeness (QED) is 0.751. The standard InChI is InChI=1S/C8H8ClFN2O2/c9-4-1-5(8(10)12-3-4)6(11)2-7(13)14/h1,3,6H,2,11H2,(H,13,14). The molecule has 0 amide bonds. The first-order valence-corrected chi connectivity index (χ1v) is 4.17. The molecule has 1 aromatic rings. The third kappa shape index (κ3) is 2.65. The Hall–Kier alpha value is -1.20. The van der Waals surface area contributed by atoms with Crippen LogP contribution in [-0.4, -0.2) is 16.1 Å². The fourth-order valence-corrected chi connectivity index (χ4v) is 1.16. The molecule has 1 unspecified atom stereocenters. The van der Waals surface area contributed by atoms with Crippen LogP contribution in [-0.2, 0) is 4.79 Å². The molecule has 0 aliphatic rings. The molecule has 1 rings (SSSR count). The molecule has 4 nitrogen and oxygen atoms in total. The van der Waals surface area contributed by atoms with E-state index in [1.165, 1.54) is 6.07 Å². The summed E-state index contributed by atoms with van der Waals surface area (Å²) < 4.78 is 13.0. The van der Waals surface area contributed by atoms with E-state index in [2.05, 4.69) is 4.98 Å². The van der Waals surface area contributed by atoms with Gasteiger partial charge in [-0.15, -0.1) is 0 Å². The van der Waals surface area contributed by atoms with Gasteiger partial charge in [0.1, 0.15) is 0 Å². The van der Waals surface area contributed by atoms with Crippen LogP contribution in [0.5, 0.6) is 0 Å². The minimum Gasteiger partial charge on any atom is -0.481 e. The van der Waals surface area contributed by atoms with Crippen molar-refractivity contribution in [2.75, 3.05) is 0 Å². The molecule has 0 aromatic carbocycles. The molecular weight excluding hydrogens is 211 g/mol. The number of halogens is 2. The van der Waals surface area contributed by atoms with Gasteiger partial charge in [-0.3, -0.25) is 4.79 Å². The number of aliphatic carboxylic acids is 1. The normalized spacial score (nSPS) is 12.5. The third-order valence-corrected chi connectivity index (χ3v) is 1.83. The van der Waals surface area contributed by atoms with Crippen molar-refractivity contribution >= 4 is 17.6 Å². The van der Waals surface area contributed by atoms with Gasteiger partial charge >= 0.3 is 5.97 Å². The van der Waals surface area contributed by atoms with E-state index in [4.69, 9.17) is 22.4 Å². The van der Waals surface area contributed by atoms with Gasteiger partial charge in [0.05, 0.1) is 11.4 Å². The summed E-state index contributed by atoms with van der Waals surface area (Å²) in [6.07, 6.45) is 0.771. The van der Waals surface area contributed by atoms with Crippen molar-refractivity contribution < 1.29 is 14.3 Å². The Morgan fingerprint density at radius 2 is 2.43 bits per heavy atom. The fourth-order valence-electron chi connectivity index (χ4n) is 0.996. The van der Waals surface area contributed by atoms with Gasteiger partial charge in [-0.25, -0.2) is 4.98 Å². The van der Waals surface area contributed by atoms with Gasteiger partial charge < -0.3 is 10.8 Å². The highest BCUT2D eigenvalue weighted by Crippen LogP contribution is 2.19. The van der Waals surface area contributed by atoms with Gasteiger partial charge in [-0.1, -0.05) is 11.6 Å². The molecule has 0 bridgehead atoms. The summed E-state index contributed by atoms with van der Waals surface area (Å²) >= 11 is 5.57. The van der Waals surface area contributed by atoms with Gasteiger partial charge in [-0.05, 0) is 6.07 Å². The van der Waals surface area contributed by atoms with E-state index in [0.29, 0.717) is 0 Å². The lowest BCUT2D eigenvalue weighted by Crippen LogP contribution is -2.17. The van der Waals surface area contributed by atoms with Crippen LogP contribution in [0.1, 0.15) is 18.0 Å². The Morgan fingerprint density at radius 3 is 3.00 bits per heavy atom. The van der Waals surface area contributed by atoms with Crippen LogP contribution in [0.15, 0.2) is 12.3 Å². The average Bonchev–Trinajstić information content (AvgIpc) is 2.08. The Labute approximate surface area is 84.5 Å². The molecule has 0 saturated heterocycles. The van der Waals surface area contributed by atoms with Crippen LogP contribution in [0.3, 0.4) is 0 Å². The highest BCUT2D eigenvalue weighted by atomic mass is 35.5. The number of carboxylic acids is 1. The monoisotopic (exact) mass is 218 g/mol. The summed E-state index contributed by atoms with van der Waals surface area (Å²) in [5, 5.41) is 8.67. The number of rotatable bonds is 3. The summed E-state index contributed by atoms with van der Waals surface area (Å²) in [6, 6.07) is 0.344. The molecule has 1 heterocycles. The molecule has 1 aromatic heterocycles. The maximum atomic E-state index is 13.0. The molecule has 76 valence electrons. The van der Waals surface area contributed by atoms with Crippen LogP contribution < -0.4 is 5.73 Å². The van der Waals surface area contributed by atoms with E-state index in [1.807, 2.05) is 0 Å². The van der Waals surface area contributed by atoms with Crippen molar-refractivity contribution in [2.24, 2.45) is 5.73 Å². The van der Waals surface area contributed by atoms with Crippen LogP contribution in [0.4, 0.5) is 4.39 Å². The third-order valence-electron chi connectivity index (χ3n) is 1.63. The van der Waals surface area contributed by atoms with Crippen LogP contribution in [0.25, 0.3) is 0 Å². The summed E-state index contributed by atoms with van der Waals surface area (Å²) in [6.45, 7) is 0. The zero-order chi connectivity index (χ0) is 10.7. The minimum atomic E-state index is -1.10. The first-order valence-electron chi connectivity index (χ1n) is 3.79. The number of aromatic nitrogens is 1. The van der Waals surface area contributed by atoms with E-state index >= 15 is 0 Å². The number of nitrogens with two attached hydrogens (primary N) is 1. The highest BCUT2D eigenvalue weighted by molar-refractivity contribution is 6.30. The molecule has 14 heavy (non-hydrogen) atoms. The lowest BCUT2D eigenvalue weighted by atomic mass is 10.1. The van der Waals surface area contributed by atoms with Crippen LogP contribution in [0, 0.1) is 5.95 Å². The zero-order valence-electron chi connectivity index (χ0n) is 7.08. The molecule has 0 saturated carbocycles. The summed E-state index contributed by atoms with van der Waals surface area (Å²) in [4.78, 5) is 13.7. The fraction of sp³-hybridized carbons (Fsp3) is 0.250. The van der Waals surface area contributed by atoms with Crippen LogP contribution >= 0.6 is 11.6 Å². The van der Waals surface area contributed by atoms with Crippen molar-refractivity contribution in [3.8, 4) is 0 Å². The molecule has 0 fully saturated rings. The first-order chi connectivity index (χ1) is 6.50. The second-order valence-corrected chi connectivity index (χ2v) is 3.17. The number of carbonyl (C=O) groups is 1. The summed E-state index contributed by atoms with van der Waals surface area (Å²) in [7, 11) is 0. The predicted octanol–water partition coefficient (Wildman–Crippen LogP) is 1.35. The summed E-state index contributed by atoms with van der Waals surface area (Å²) in [5.41, 5.74) is 5.46. The number of nitrogens with zero attached hydrogens (tertiary/aromatic N) is 1. The Balaban J connectivity index is 2.93. The van der Waals surface area contributed by atoms with Gasteiger partial charge in [0.15, 0.2) is 0 Å². The number of carboxylic acid groups (broad SMARTS) is 1. The van der Waals surface area contributed by atoms with Crippen LogP contribution in [0.2, 0.25) is 5.02 Å². The maximum absolute atomic E-state index is 13.0. The Bertz CT molecular complexity index is 359. The largest absolute Gasteiger partial charge is 0.481 e. The van der Waals surface area contributed by atoms with Crippen molar-refractivity contribution in [3.05, 3.63) is 28.8 Å². The number of hydrogen-bond donors (Lipinski definition) is 2. The zero-order valence-corrected chi connectivity index (χ0v) is 7.83. The van der Waals surface area contributed by atoms with Crippen molar-refractivity contribution in [1.29, 1.82) is 0 Å². The van der Waals surface area contributed by atoms with Gasteiger partial charge in [0.25, 0.3) is 0 Å². The molecule has 1 atom stereocenters. The van der Waals surface area contributed by atoms with Gasteiger partial charge in [-0.2, -0.15) is 4.39 Å². The SMILES string of the molecule is NC(CC(=O)O)c1cc(Cl)cnc1F. The average molecular weight is 219 g/mol. The number of pyridine rings is 1. The van der Waals surface area contributed by atoms with Gasteiger partial charge in [0.2, 0.25) is 5.95 Å². The van der Waals surface area contributed by atoms with Crippen molar-refractivity contribution in [3.63, 3.8) is 0 Å². The second kappa shape index (κ2) is 4.34. The molecule has 6 heteroatoms. The minimum absolute atomic E-state index is 0.0138. The molecule has 0 radical (unpaired) electrons. The van der Waals surface area contributed by atoms with E-state index < -0.39 is 18.0 Å². The smallest absolute Gasteiger partial charge is 0.305 e. The highest BCUT2D eigenvalue weighted by Gasteiger charge is 2.15. The lowest BCUT2D eigenvalue weighted by Gasteiger charge is -2.09.